The first-order chi connectivity index (χ1) is 19.9. The van der Waals surface area contributed by atoms with Crippen LogP contribution in [0.5, 0.6) is 0 Å². The molecule has 0 aliphatic carbocycles. The summed E-state index contributed by atoms with van der Waals surface area (Å²) in [4.78, 5) is 72.8. The summed E-state index contributed by atoms with van der Waals surface area (Å²) in [6.45, 7) is -0.887. The minimum atomic E-state index is -1.20. The van der Waals surface area contributed by atoms with Gasteiger partial charge in [-0.1, -0.05) is 0 Å². The number of carbonyl (C=O) groups excluding carboxylic acids is 4. The van der Waals surface area contributed by atoms with Gasteiger partial charge in [0.1, 0.15) is 12.6 Å². The van der Waals surface area contributed by atoms with E-state index in [0.717, 1.165) is 4.90 Å². The molecule has 1 fully saturated rings. The van der Waals surface area contributed by atoms with Gasteiger partial charge in [-0.15, -0.1) is 0 Å². The fourth-order valence-corrected chi connectivity index (χ4v) is 4.19. The van der Waals surface area contributed by atoms with Gasteiger partial charge in [0.05, 0.1) is 17.9 Å². The molecule has 0 aromatic heterocycles. The predicted molar refractivity (Wildman–Crippen MR) is 153 cm³/mol. The van der Waals surface area contributed by atoms with Gasteiger partial charge in [-0.05, 0) is 55.0 Å². The summed E-state index contributed by atoms with van der Waals surface area (Å²) in [5.41, 5.74) is 22.8. The van der Waals surface area contributed by atoms with Gasteiger partial charge in [0.25, 0.3) is 11.8 Å². The molecule has 0 radical (unpaired) electrons. The number of carboxylic acids is 1. The van der Waals surface area contributed by atoms with Gasteiger partial charge in [0.15, 0.2) is 11.9 Å². The first kappa shape index (κ1) is 30.9. The molecule has 3 rings (SSSR count). The summed E-state index contributed by atoms with van der Waals surface area (Å²) in [5, 5.41) is 14.4. The number of benzene rings is 2. The van der Waals surface area contributed by atoms with Crippen molar-refractivity contribution in [2.75, 3.05) is 32.7 Å². The summed E-state index contributed by atoms with van der Waals surface area (Å²) in [7, 11) is 0. The quantitative estimate of drug-likeness (QED) is 0.115. The monoisotopic (exact) mass is 580 g/mol. The molecule has 1 atom stereocenters. The van der Waals surface area contributed by atoms with Crippen molar-refractivity contribution in [1.29, 1.82) is 0 Å². The Hall–Kier alpha value is -5.67. The van der Waals surface area contributed by atoms with Gasteiger partial charge in [0, 0.05) is 30.8 Å². The second-order valence-corrected chi connectivity index (χ2v) is 9.15. The third-order valence-corrected chi connectivity index (χ3v) is 6.11. The highest BCUT2D eigenvalue weighted by Gasteiger charge is 2.37. The van der Waals surface area contributed by atoms with Crippen molar-refractivity contribution in [1.82, 2.24) is 20.4 Å². The Bertz CT molecular complexity index is 1380. The van der Waals surface area contributed by atoms with E-state index in [9.17, 15) is 29.1 Å². The Morgan fingerprint density at radius 3 is 1.79 bits per heavy atom. The molecule has 42 heavy (non-hydrogen) atoms. The number of amides is 4. The molecule has 0 spiro atoms. The molecule has 4 amide bonds. The molecule has 2 aromatic rings. The van der Waals surface area contributed by atoms with Crippen LogP contribution in [0, 0.1) is 0 Å². The first-order valence-electron chi connectivity index (χ1n) is 12.7. The zero-order chi connectivity index (χ0) is 30.8. The lowest BCUT2D eigenvalue weighted by molar-refractivity contribution is -0.155. The van der Waals surface area contributed by atoms with Crippen LogP contribution in [0.25, 0.3) is 0 Å². The maximum Gasteiger partial charge on any atom is 0.323 e. The van der Waals surface area contributed by atoms with E-state index in [1.54, 1.807) is 12.1 Å². The largest absolute Gasteiger partial charge is 0.480 e. The SMILES string of the molecule is NC(N)=Nc1ccc(C(=O)NCC[C@H]2C(=O)N(CC(=O)O)CCN2C(=O)CNC(=O)c2ccc(N=C(N)N)cc2)cc1. The zero-order valence-electron chi connectivity index (χ0n) is 22.5. The third kappa shape index (κ3) is 8.67. The number of nitrogens with two attached hydrogens (primary N) is 4. The maximum absolute atomic E-state index is 13.1. The minimum absolute atomic E-state index is 0.00206. The van der Waals surface area contributed by atoms with Gasteiger partial charge in [0.2, 0.25) is 11.8 Å². The number of aliphatic carboxylic acids is 1. The number of nitrogens with zero attached hydrogens (tertiary/aromatic N) is 4. The van der Waals surface area contributed by atoms with E-state index in [1.807, 2.05) is 0 Å². The lowest BCUT2D eigenvalue weighted by atomic mass is 10.1. The topological polar surface area (TPSA) is 265 Å². The summed E-state index contributed by atoms with van der Waals surface area (Å²) in [6.07, 6.45) is 0.0126. The van der Waals surface area contributed by atoms with Gasteiger partial charge in [-0.25, -0.2) is 9.98 Å². The van der Waals surface area contributed by atoms with Gasteiger partial charge >= 0.3 is 5.97 Å². The van der Waals surface area contributed by atoms with Crippen LogP contribution in [0.3, 0.4) is 0 Å². The lowest BCUT2D eigenvalue weighted by Gasteiger charge is -2.40. The number of piperazine rings is 1. The standard InChI is InChI=1S/C26H32N10O6/c27-25(28)33-17-5-1-15(2-6-17)22(40)31-10-9-19-24(42)35(14-21(38)39)11-12-36(19)20(37)13-32-23(41)16-3-7-18(8-4-16)34-26(29)30/h1-8,19H,9-14H2,(H,31,40)(H,32,41)(H,38,39)(H4,27,28,33)(H4,29,30,34)/t19-/m0/s1. The second-order valence-electron chi connectivity index (χ2n) is 9.15. The summed E-state index contributed by atoms with van der Waals surface area (Å²) in [6, 6.07) is 11.1. The smallest absolute Gasteiger partial charge is 0.323 e. The Morgan fingerprint density at radius 2 is 1.31 bits per heavy atom. The molecule has 1 heterocycles. The molecule has 0 saturated carbocycles. The van der Waals surface area contributed by atoms with E-state index < -0.39 is 48.7 Å². The fourth-order valence-electron chi connectivity index (χ4n) is 4.19. The molecule has 11 N–H and O–H groups in total. The second kappa shape index (κ2) is 14.1. The zero-order valence-corrected chi connectivity index (χ0v) is 22.5. The first-order valence-corrected chi connectivity index (χ1v) is 12.7. The van der Waals surface area contributed by atoms with Crippen molar-refractivity contribution in [3.63, 3.8) is 0 Å². The molecule has 0 unspecified atom stereocenters. The van der Waals surface area contributed by atoms with Crippen molar-refractivity contribution >= 4 is 52.9 Å². The van der Waals surface area contributed by atoms with E-state index in [4.69, 9.17) is 22.9 Å². The number of hydrogen-bond acceptors (Lipinski definition) is 7. The number of carboxylic acid groups (broad SMARTS) is 1. The highest BCUT2D eigenvalue weighted by Crippen LogP contribution is 2.17. The molecular formula is C26H32N10O6. The van der Waals surface area contributed by atoms with E-state index in [0.29, 0.717) is 16.9 Å². The number of nitrogens with one attached hydrogen (secondary N) is 2. The summed E-state index contributed by atoms with van der Waals surface area (Å²) in [5.74, 6) is -3.55. The Morgan fingerprint density at radius 1 is 0.810 bits per heavy atom. The average molecular weight is 581 g/mol. The van der Waals surface area contributed by atoms with Crippen LogP contribution in [0.1, 0.15) is 27.1 Å². The molecule has 0 bridgehead atoms. The third-order valence-electron chi connectivity index (χ3n) is 6.11. The Balaban J connectivity index is 1.63. The average Bonchev–Trinajstić information content (AvgIpc) is 2.93. The maximum atomic E-state index is 13.1. The van der Waals surface area contributed by atoms with Crippen LogP contribution >= 0.6 is 0 Å². The predicted octanol–water partition coefficient (Wildman–Crippen LogP) is -1.83. The molecule has 1 aliphatic heterocycles. The molecule has 1 saturated heterocycles. The molecule has 2 aromatic carbocycles. The van der Waals surface area contributed by atoms with Gasteiger partial charge in [-0.2, -0.15) is 0 Å². The van der Waals surface area contributed by atoms with Crippen molar-refractivity contribution in [3.8, 4) is 0 Å². The normalized spacial score (nSPS) is 14.5. The number of rotatable bonds is 11. The van der Waals surface area contributed by atoms with E-state index in [2.05, 4.69) is 20.6 Å². The van der Waals surface area contributed by atoms with Crippen molar-refractivity contribution in [2.24, 2.45) is 32.9 Å². The highest BCUT2D eigenvalue weighted by molar-refractivity contribution is 5.98. The molecule has 16 heteroatoms. The highest BCUT2D eigenvalue weighted by atomic mass is 16.4. The van der Waals surface area contributed by atoms with Crippen LogP contribution in [0.15, 0.2) is 58.5 Å². The molecule has 222 valence electrons. The number of guanidine groups is 2. The van der Waals surface area contributed by atoms with E-state index in [1.165, 1.54) is 41.3 Å². The van der Waals surface area contributed by atoms with Crippen LogP contribution < -0.4 is 33.6 Å². The van der Waals surface area contributed by atoms with Crippen LogP contribution in [-0.4, -0.2) is 95.2 Å². The summed E-state index contributed by atoms with van der Waals surface area (Å²) < 4.78 is 0. The molecule has 16 nitrogen and oxygen atoms in total. The minimum Gasteiger partial charge on any atom is -0.480 e. The van der Waals surface area contributed by atoms with E-state index >= 15 is 0 Å². The lowest BCUT2D eigenvalue weighted by Crippen LogP contribution is -2.61. The van der Waals surface area contributed by atoms with Crippen molar-refractivity contribution in [2.45, 2.75) is 12.5 Å². The molecular weight excluding hydrogens is 548 g/mol. The number of hydrogen-bond donors (Lipinski definition) is 7. The van der Waals surface area contributed by atoms with Crippen LogP contribution in [0.2, 0.25) is 0 Å². The summed E-state index contributed by atoms with van der Waals surface area (Å²) >= 11 is 0. The molecule has 1 aliphatic rings. The fraction of sp³-hybridized carbons (Fsp3) is 0.269. The van der Waals surface area contributed by atoms with Crippen molar-refractivity contribution in [3.05, 3.63) is 59.7 Å². The Labute approximate surface area is 240 Å². The van der Waals surface area contributed by atoms with Crippen LogP contribution in [-0.2, 0) is 14.4 Å². The van der Waals surface area contributed by atoms with E-state index in [-0.39, 0.29) is 43.5 Å². The van der Waals surface area contributed by atoms with Gasteiger partial charge in [-0.3, -0.25) is 24.0 Å². The Kier molecular flexibility index (Phi) is 10.4. The van der Waals surface area contributed by atoms with Crippen LogP contribution in [0.4, 0.5) is 11.4 Å². The number of carbonyl (C=O) groups is 5. The van der Waals surface area contributed by atoms with Gasteiger partial charge < -0.3 is 48.5 Å². The van der Waals surface area contributed by atoms with Crippen molar-refractivity contribution < 1.29 is 29.1 Å². The number of aliphatic imine (C=N–C) groups is 2.